The lowest BCUT2D eigenvalue weighted by Crippen LogP contribution is -2.42. The number of nitro groups is 1. The first kappa shape index (κ1) is 20.6. The van der Waals surface area contributed by atoms with Crippen LogP contribution in [0.15, 0.2) is 18.2 Å². The Balaban J connectivity index is 2.23. The van der Waals surface area contributed by atoms with E-state index in [9.17, 15) is 19.7 Å². The van der Waals surface area contributed by atoms with Gasteiger partial charge in [-0.15, -0.1) is 0 Å². The van der Waals surface area contributed by atoms with Gasteiger partial charge < -0.3 is 19.7 Å². The number of nitro benzene ring substituents is 1. The summed E-state index contributed by atoms with van der Waals surface area (Å²) in [4.78, 5) is 37.3. The third-order valence-corrected chi connectivity index (χ3v) is 4.28. The smallest absolute Gasteiger partial charge is 0.328 e. The number of anilines is 1. The van der Waals surface area contributed by atoms with Crippen LogP contribution in [0.1, 0.15) is 30.6 Å². The second kappa shape index (κ2) is 9.31. The van der Waals surface area contributed by atoms with Gasteiger partial charge in [0.15, 0.2) is 0 Å². The van der Waals surface area contributed by atoms with Gasteiger partial charge in [0.2, 0.25) is 0 Å². The maximum atomic E-state index is 12.5. The predicted octanol–water partition coefficient (Wildman–Crippen LogP) is 1.75. The van der Waals surface area contributed by atoms with Gasteiger partial charge in [0.25, 0.3) is 11.6 Å². The summed E-state index contributed by atoms with van der Waals surface area (Å²) in [7, 11) is 1.25. The topological polar surface area (TPSA) is 111 Å². The summed E-state index contributed by atoms with van der Waals surface area (Å²) in [5, 5.41) is 14.1. The van der Waals surface area contributed by atoms with Crippen molar-refractivity contribution in [2.24, 2.45) is 5.92 Å². The first-order valence-electron chi connectivity index (χ1n) is 8.83. The normalized spacial score (nSPS) is 15.3. The van der Waals surface area contributed by atoms with E-state index in [4.69, 9.17) is 9.47 Å². The van der Waals surface area contributed by atoms with Gasteiger partial charge in [-0.25, -0.2) is 4.79 Å². The monoisotopic (exact) mass is 379 g/mol. The molecule has 0 saturated carbocycles. The van der Waals surface area contributed by atoms with Gasteiger partial charge in [0, 0.05) is 24.7 Å². The number of rotatable bonds is 7. The summed E-state index contributed by atoms with van der Waals surface area (Å²) in [5.74, 6) is -0.938. The van der Waals surface area contributed by atoms with Crippen LogP contribution in [-0.2, 0) is 14.3 Å². The number of morpholine rings is 1. The summed E-state index contributed by atoms with van der Waals surface area (Å²) in [6.07, 6.45) is 0.409. The molecule has 27 heavy (non-hydrogen) atoms. The average Bonchev–Trinajstić information content (AvgIpc) is 2.66. The van der Waals surface area contributed by atoms with Crippen molar-refractivity contribution in [3.05, 3.63) is 33.9 Å². The van der Waals surface area contributed by atoms with Gasteiger partial charge in [-0.2, -0.15) is 0 Å². The molecule has 1 aromatic rings. The quantitative estimate of drug-likeness (QED) is 0.436. The van der Waals surface area contributed by atoms with Crippen LogP contribution in [0.4, 0.5) is 11.4 Å². The number of methoxy groups -OCH3 is 1. The van der Waals surface area contributed by atoms with Crippen LogP contribution in [0.2, 0.25) is 0 Å². The van der Waals surface area contributed by atoms with Crippen molar-refractivity contribution in [1.29, 1.82) is 0 Å². The van der Waals surface area contributed by atoms with Crippen molar-refractivity contribution < 1.29 is 24.0 Å². The highest BCUT2D eigenvalue weighted by atomic mass is 16.6. The van der Waals surface area contributed by atoms with Crippen LogP contribution < -0.4 is 10.2 Å². The predicted molar refractivity (Wildman–Crippen MR) is 98.9 cm³/mol. The number of ether oxygens (including phenoxy) is 2. The Bertz CT molecular complexity index is 700. The Morgan fingerprint density at radius 3 is 2.56 bits per heavy atom. The van der Waals surface area contributed by atoms with E-state index in [1.807, 2.05) is 18.7 Å². The summed E-state index contributed by atoms with van der Waals surface area (Å²) < 4.78 is 10.0. The molecule has 0 aliphatic carbocycles. The highest BCUT2D eigenvalue weighted by molar-refractivity contribution is 5.98. The van der Waals surface area contributed by atoms with Crippen LogP contribution in [0.5, 0.6) is 0 Å². The molecule has 9 heteroatoms. The number of nitrogens with one attached hydrogen (secondary N) is 1. The molecule has 1 N–H and O–H groups in total. The fourth-order valence-corrected chi connectivity index (χ4v) is 2.95. The number of hydrogen-bond acceptors (Lipinski definition) is 7. The van der Waals surface area contributed by atoms with E-state index in [0.29, 0.717) is 38.4 Å². The summed E-state index contributed by atoms with van der Waals surface area (Å²) in [6, 6.07) is 3.52. The largest absolute Gasteiger partial charge is 0.467 e. The molecule has 2 rings (SSSR count). The van der Waals surface area contributed by atoms with Gasteiger partial charge in [-0.05, 0) is 24.5 Å². The maximum Gasteiger partial charge on any atom is 0.328 e. The van der Waals surface area contributed by atoms with Gasteiger partial charge >= 0.3 is 5.97 Å². The lowest BCUT2D eigenvalue weighted by atomic mass is 10.0. The van der Waals surface area contributed by atoms with Crippen LogP contribution >= 0.6 is 0 Å². The summed E-state index contributed by atoms with van der Waals surface area (Å²) in [5.41, 5.74) is 0.422. The van der Waals surface area contributed by atoms with Gasteiger partial charge in [0.1, 0.15) is 11.7 Å². The third kappa shape index (κ3) is 5.40. The molecular weight excluding hydrogens is 354 g/mol. The van der Waals surface area contributed by atoms with Gasteiger partial charge in [0.05, 0.1) is 25.2 Å². The SMILES string of the molecule is COC(=O)C(CC(C)C)NC(=O)c1ccc(N2CCOCC2)c([N+](=O)[O-])c1. The standard InChI is InChI=1S/C18H25N3O6/c1-12(2)10-14(18(23)26-3)19-17(22)13-4-5-15(16(11-13)21(24)25)20-6-8-27-9-7-20/h4-5,11-12,14H,6-10H2,1-3H3,(H,19,22). The van der Waals surface area contributed by atoms with Gasteiger partial charge in [-0.3, -0.25) is 14.9 Å². The van der Waals surface area contributed by atoms with Crippen molar-refractivity contribution in [3.63, 3.8) is 0 Å². The molecule has 1 fully saturated rings. The molecule has 0 bridgehead atoms. The average molecular weight is 379 g/mol. The molecule has 9 nitrogen and oxygen atoms in total. The molecule has 1 heterocycles. The van der Waals surface area contributed by atoms with E-state index in [-0.39, 0.29) is 17.2 Å². The molecule has 1 saturated heterocycles. The van der Waals surface area contributed by atoms with Crippen LogP contribution in [0, 0.1) is 16.0 Å². The number of nitrogens with zero attached hydrogens (tertiary/aromatic N) is 2. The highest BCUT2D eigenvalue weighted by Gasteiger charge is 2.26. The molecule has 1 aliphatic rings. The molecule has 1 aromatic carbocycles. The van der Waals surface area contributed by atoms with E-state index in [1.54, 1.807) is 6.07 Å². The van der Waals surface area contributed by atoms with Crippen molar-refractivity contribution in [3.8, 4) is 0 Å². The number of hydrogen-bond donors (Lipinski definition) is 1. The molecular formula is C18H25N3O6. The van der Waals surface area contributed by atoms with E-state index >= 15 is 0 Å². The lowest BCUT2D eigenvalue weighted by Gasteiger charge is -2.28. The number of esters is 1. The van der Waals surface area contributed by atoms with Crippen molar-refractivity contribution in [1.82, 2.24) is 5.32 Å². The number of amides is 1. The van der Waals surface area contributed by atoms with Crippen LogP contribution in [0.3, 0.4) is 0 Å². The van der Waals surface area contributed by atoms with Crippen molar-refractivity contribution in [2.45, 2.75) is 26.3 Å². The second-order valence-electron chi connectivity index (χ2n) is 6.74. The third-order valence-electron chi connectivity index (χ3n) is 4.28. The Hall–Kier alpha value is -2.68. The number of benzene rings is 1. The maximum absolute atomic E-state index is 12.5. The molecule has 0 aromatic heterocycles. The zero-order valence-corrected chi connectivity index (χ0v) is 15.8. The van der Waals surface area contributed by atoms with Crippen LogP contribution in [-0.4, -0.2) is 56.3 Å². The zero-order chi connectivity index (χ0) is 20.0. The lowest BCUT2D eigenvalue weighted by molar-refractivity contribution is -0.384. The minimum absolute atomic E-state index is 0.122. The van der Waals surface area contributed by atoms with E-state index < -0.39 is 22.8 Å². The molecule has 0 spiro atoms. The summed E-state index contributed by atoms with van der Waals surface area (Å²) >= 11 is 0. The minimum Gasteiger partial charge on any atom is -0.467 e. The number of carbonyl (C=O) groups is 2. The molecule has 1 atom stereocenters. The first-order chi connectivity index (χ1) is 12.8. The van der Waals surface area contributed by atoms with E-state index in [1.165, 1.54) is 19.2 Å². The molecule has 1 amide bonds. The number of carbonyl (C=O) groups excluding carboxylic acids is 2. The van der Waals surface area contributed by atoms with Crippen molar-refractivity contribution in [2.75, 3.05) is 38.3 Å². The Morgan fingerprint density at radius 2 is 2.00 bits per heavy atom. The zero-order valence-electron chi connectivity index (χ0n) is 15.8. The van der Waals surface area contributed by atoms with Crippen LogP contribution in [0.25, 0.3) is 0 Å². The fourth-order valence-electron chi connectivity index (χ4n) is 2.95. The molecule has 0 radical (unpaired) electrons. The molecule has 1 unspecified atom stereocenters. The van der Waals surface area contributed by atoms with Crippen molar-refractivity contribution >= 4 is 23.3 Å². The Labute approximate surface area is 157 Å². The fraction of sp³-hybridized carbons (Fsp3) is 0.556. The minimum atomic E-state index is -0.805. The Morgan fingerprint density at radius 1 is 1.33 bits per heavy atom. The second-order valence-corrected chi connectivity index (χ2v) is 6.74. The molecule has 148 valence electrons. The van der Waals surface area contributed by atoms with Gasteiger partial charge in [-0.1, -0.05) is 13.8 Å². The Kier molecular flexibility index (Phi) is 7.12. The summed E-state index contributed by atoms with van der Waals surface area (Å²) in [6.45, 7) is 5.93. The first-order valence-corrected chi connectivity index (χ1v) is 8.83. The van der Waals surface area contributed by atoms with E-state index in [0.717, 1.165) is 0 Å². The molecule has 1 aliphatic heterocycles. The van der Waals surface area contributed by atoms with E-state index in [2.05, 4.69) is 5.32 Å². The highest BCUT2D eigenvalue weighted by Crippen LogP contribution is 2.30.